The number of hydrogen-bond acceptors (Lipinski definition) is 6. The van der Waals surface area contributed by atoms with E-state index in [0.717, 1.165) is 11.1 Å². The quantitative estimate of drug-likeness (QED) is 0.515. The molecule has 1 heterocycles. The van der Waals surface area contributed by atoms with Gasteiger partial charge in [0.05, 0.1) is 4.92 Å². The summed E-state index contributed by atoms with van der Waals surface area (Å²) in [4.78, 5) is 33.7. The minimum atomic E-state index is -0.764. The molecule has 0 saturated carbocycles. The molecule has 23 heavy (non-hydrogen) atoms. The Kier molecular flexibility index (Phi) is 5.07. The molecule has 0 atom stereocenters. The number of ether oxygens (including phenoxy) is 1. The molecule has 8 heteroatoms. The van der Waals surface area contributed by atoms with E-state index in [-0.39, 0.29) is 9.88 Å². The van der Waals surface area contributed by atoms with Crippen molar-refractivity contribution in [2.75, 3.05) is 11.9 Å². The summed E-state index contributed by atoms with van der Waals surface area (Å²) in [7, 11) is 0. The van der Waals surface area contributed by atoms with E-state index in [1.165, 1.54) is 12.1 Å². The Balaban J connectivity index is 1.93. The van der Waals surface area contributed by atoms with E-state index < -0.39 is 23.4 Å². The number of nitrogens with zero attached hydrogens (tertiary/aromatic N) is 1. The Morgan fingerprint density at radius 2 is 1.87 bits per heavy atom. The molecule has 0 unspecified atom stereocenters. The van der Waals surface area contributed by atoms with E-state index in [1.54, 1.807) is 0 Å². The molecule has 0 fully saturated rings. The largest absolute Gasteiger partial charge is 0.451 e. The standard InChI is InChI=1S/C15H14N2O5S/c1-9-4-3-5-10(2)14(9)16-12(18)8-22-15(19)11-6-7-13(23-11)17(20)21/h3-7H,8H2,1-2H3,(H,16,18). The molecule has 0 bridgehead atoms. The highest BCUT2D eigenvalue weighted by Gasteiger charge is 2.17. The smallest absolute Gasteiger partial charge is 0.349 e. The van der Waals surface area contributed by atoms with Crippen molar-refractivity contribution >= 4 is 33.9 Å². The SMILES string of the molecule is Cc1cccc(C)c1NC(=O)COC(=O)c1ccc([N+](=O)[O-])s1. The molecule has 2 aromatic rings. The molecule has 7 nitrogen and oxygen atoms in total. The highest BCUT2D eigenvalue weighted by atomic mass is 32.1. The van der Waals surface area contributed by atoms with Gasteiger partial charge >= 0.3 is 11.0 Å². The number of anilines is 1. The fourth-order valence-electron chi connectivity index (χ4n) is 1.92. The van der Waals surface area contributed by atoms with Crippen LogP contribution in [0.2, 0.25) is 0 Å². The van der Waals surface area contributed by atoms with Crippen molar-refractivity contribution in [3.8, 4) is 0 Å². The number of nitrogens with one attached hydrogen (secondary N) is 1. The average molecular weight is 334 g/mol. The van der Waals surface area contributed by atoms with Gasteiger partial charge in [-0.15, -0.1) is 0 Å². The number of para-hydroxylation sites is 1. The van der Waals surface area contributed by atoms with Crippen molar-refractivity contribution in [3.05, 3.63) is 56.5 Å². The molecular formula is C15H14N2O5S. The summed E-state index contributed by atoms with van der Waals surface area (Å²) in [6.07, 6.45) is 0. The van der Waals surface area contributed by atoms with E-state index in [0.29, 0.717) is 17.0 Å². The summed E-state index contributed by atoms with van der Waals surface area (Å²) >= 11 is 0.704. The van der Waals surface area contributed by atoms with Crippen LogP contribution in [-0.2, 0) is 9.53 Å². The highest BCUT2D eigenvalue weighted by Crippen LogP contribution is 2.24. The van der Waals surface area contributed by atoms with Gasteiger partial charge in [0.25, 0.3) is 5.91 Å². The lowest BCUT2D eigenvalue weighted by atomic mass is 10.1. The summed E-state index contributed by atoms with van der Waals surface area (Å²) < 4.78 is 4.87. The van der Waals surface area contributed by atoms with E-state index in [9.17, 15) is 19.7 Å². The molecular weight excluding hydrogens is 320 g/mol. The van der Waals surface area contributed by atoms with E-state index >= 15 is 0 Å². The number of nitro groups is 1. The van der Waals surface area contributed by atoms with Gasteiger partial charge < -0.3 is 10.1 Å². The number of aryl methyl sites for hydroxylation is 2. The number of carbonyl (C=O) groups excluding carboxylic acids is 2. The summed E-state index contributed by atoms with van der Waals surface area (Å²) in [5, 5.41) is 13.1. The van der Waals surface area contributed by atoms with Crippen LogP contribution >= 0.6 is 11.3 Å². The zero-order valence-electron chi connectivity index (χ0n) is 12.5. The molecule has 2 rings (SSSR count). The minimum absolute atomic E-state index is 0.0802. The van der Waals surface area contributed by atoms with Gasteiger partial charge in [-0.3, -0.25) is 14.9 Å². The minimum Gasteiger partial charge on any atom is -0.451 e. The summed E-state index contributed by atoms with van der Waals surface area (Å²) in [5.74, 6) is -1.23. The average Bonchev–Trinajstić information content (AvgIpc) is 2.99. The van der Waals surface area contributed by atoms with Crippen LogP contribution in [0.25, 0.3) is 0 Å². The first-order valence-electron chi connectivity index (χ1n) is 6.66. The molecule has 0 saturated heterocycles. The van der Waals surface area contributed by atoms with Gasteiger partial charge in [-0.05, 0) is 31.0 Å². The summed E-state index contributed by atoms with van der Waals surface area (Å²) in [6, 6.07) is 8.12. The zero-order valence-corrected chi connectivity index (χ0v) is 13.3. The Bertz CT molecular complexity index is 749. The number of esters is 1. The molecule has 120 valence electrons. The third-order valence-electron chi connectivity index (χ3n) is 3.05. The van der Waals surface area contributed by atoms with Crippen LogP contribution in [0.3, 0.4) is 0 Å². The number of hydrogen-bond donors (Lipinski definition) is 1. The van der Waals surface area contributed by atoms with Crippen LogP contribution in [0.1, 0.15) is 20.8 Å². The van der Waals surface area contributed by atoms with Crippen LogP contribution < -0.4 is 5.32 Å². The highest BCUT2D eigenvalue weighted by molar-refractivity contribution is 7.17. The number of rotatable bonds is 5. The van der Waals surface area contributed by atoms with Gasteiger partial charge in [0.2, 0.25) is 0 Å². The van der Waals surface area contributed by atoms with Crippen LogP contribution in [0.4, 0.5) is 10.7 Å². The molecule has 0 aliphatic rings. The van der Waals surface area contributed by atoms with Gasteiger partial charge in [0.1, 0.15) is 4.88 Å². The number of thiophene rings is 1. The second kappa shape index (κ2) is 7.01. The first-order valence-corrected chi connectivity index (χ1v) is 7.47. The summed E-state index contributed by atoms with van der Waals surface area (Å²) in [6.45, 7) is 3.26. The Hall–Kier alpha value is -2.74. The van der Waals surface area contributed by atoms with E-state index in [2.05, 4.69) is 5.32 Å². The molecule has 1 amide bonds. The second-order valence-corrected chi connectivity index (χ2v) is 5.85. The predicted molar refractivity (Wildman–Crippen MR) is 85.8 cm³/mol. The first kappa shape index (κ1) is 16.6. The van der Waals surface area contributed by atoms with Crippen LogP contribution in [0.15, 0.2) is 30.3 Å². The third kappa shape index (κ3) is 4.13. The second-order valence-electron chi connectivity index (χ2n) is 4.79. The van der Waals surface area contributed by atoms with Crippen molar-refractivity contribution in [2.24, 2.45) is 0 Å². The molecule has 0 spiro atoms. The maximum atomic E-state index is 11.9. The van der Waals surface area contributed by atoms with Crippen molar-refractivity contribution in [1.82, 2.24) is 0 Å². The lowest BCUT2D eigenvalue weighted by molar-refractivity contribution is -0.380. The van der Waals surface area contributed by atoms with Crippen molar-refractivity contribution < 1.29 is 19.2 Å². The van der Waals surface area contributed by atoms with Gasteiger partial charge in [0.15, 0.2) is 6.61 Å². The first-order chi connectivity index (χ1) is 10.9. The molecule has 0 radical (unpaired) electrons. The Morgan fingerprint density at radius 1 is 1.22 bits per heavy atom. The van der Waals surface area contributed by atoms with E-state index in [4.69, 9.17) is 4.74 Å². The predicted octanol–water partition coefficient (Wildman–Crippen LogP) is 3.07. The zero-order chi connectivity index (χ0) is 17.0. The van der Waals surface area contributed by atoms with Gasteiger partial charge in [-0.2, -0.15) is 0 Å². The lowest BCUT2D eigenvalue weighted by Crippen LogP contribution is -2.21. The van der Waals surface area contributed by atoms with Crippen molar-refractivity contribution in [2.45, 2.75) is 13.8 Å². The normalized spacial score (nSPS) is 10.2. The molecule has 1 aromatic heterocycles. The lowest BCUT2D eigenvalue weighted by Gasteiger charge is -2.11. The fourth-order valence-corrected chi connectivity index (χ4v) is 2.64. The van der Waals surface area contributed by atoms with Crippen LogP contribution in [0.5, 0.6) is 0 Å². The van der Waals surface area contributed by atoms with Crippen molar-refractivity contribution in [3.63, 3.8) is 0 Å². The monoisotopic (exact) mass is 334 g/mol. The Morgan fingerprint density at radius 3 is 2.43 bits per heavy atom. The number of carbonyl (C=O) groups is 2. The number of benzene rings is 1. The maximum absolute atomic E-state index is 11.9. The maximum Gasteiger partial charge on any atom is 0.349 e. The van der Waals surface area contributed by atoms with Crippen LogP contribution in [-0.4, -0.2) is 23.4 Å². The van der Waals surface area contributed by atoms with E-state index in [1.807, 2.05) is 32.0 Å². The molecule has 0 aliphatic heterocycles. The molecule has 1 N–H and O–H groups in total. The summed E-state index contributed by atoms with van der Waals surface area (Å²) in [5.41, 5.74) is 2.48. The molecule has 1 aromatic carbocycles. The Labute approximate surface area is 136 Å². The van der Waals surface area contributed by atoms with Gasteiger partial charge in [-0.25, -0.2) is 4.79 Å². The van der Waals surface area contributed by atoms with Gasteiger partial charge in [-0.1, -0.05) is 29.5 Å². The topological polar surface area (TPSA) is 98.5 Å². The van der Waals surface area contributed by atoms with Crippen molar-refractivity contribution in [1.29, 1.82) is 0 Å². The fraction of sp³-hybridized carbons (Fsp3) is 0.200. The van der Waals surface area contributed by atoms with Gasteiger partial charge in [0, 0.05) is 11.8 Å². The third-order valence-corrected chi connectivity index (χ3v) is 4.07. The number of amides is 1. The van der Waals surface area contributed by atoms with Crippen LogP contribution in [0, 0.1) is 24.0 Å². The molecule has 0 aliphatic carbocycles.